The van der Waals surface area contributed by atoms with Gasteiger partial charge in [0.2, 0.25) is 0 Å². The summed E-state index contributed by atoms with van der Waals surface area (Å²) < 4.78 is 20.8. The largest absolute Gasteiger partial charge is 0.497 e. The second-order valence-corrected chi connectivity index (χ2v) is 7.23. The van der Waals surface area contributed by atoms with Gasteiger partial charge in [-0.1, -0.05) is 36.4 Å². The topological polar surface area (TPSA) is 83.1 Å². The van der Waals surface area contributed by atoms with Crippen molar-refractivity contribution in [3.8, 4) is 17.2 Å². The van der Waals surface area contributed by atoms with E-state index in [4.69, 9.17) is 14.2 Å². The molecule has 3 aromatic carbocycles. The Kier molecular flexibility index (Phi) is 8.30. The second kappa shape index (κ2) is 11.6. The van der Waals surface area contributed by atoms with E-state index in [-0.39, 0.29) is 30.9 Å². The summed E-state index contributed by atoms with van der Waals surface area (Å²) in [4.78, 5) is 24.1. The van der Waals surface area contributed by atoms with Gasteiger partial charge in [-0.3, -0.25) is 9.59 Å². The van der Waals surface area contributed by atoms with E-state index in [1.807, 2.05) is 48.5 Å². The van der Waals surface area contributed by atoms with Crippen molar-refractivity contribution in [3.63, 3.8) is 0 Å². The van der Waals surface area contributed by atoms with Crippen LogP contribution in [0.1, 0.15) is 22.7 Å². The van der Waals surface area contributed by atoms with Crippen LogP contribution in [0.15, 0.2) is 72.8 Å². The molecule has 0 radical (unpaired) electrons. The van der Waals surface area contributed by atoms with Gasteiger partial charge in [-0.05, 0) is 53.1 Å². The molecule has 3 aromatic rings. The fraction of sp³-hybridized carbons (Fsp3) is 0.231. The molecule has 0 aliphatic heterocycles. The number of carbonyl (C=O) groups excluding carboxylic acids is 2. The van der Waals surface area contributed by atoms with Gasteiger partial charge in [0.05, 0.1) is 33.8 Å². The maximum atomic E-state index is 12.7. The van der Waals surface area contributed by atoms with Crippen molar-refractivity contribution >= 4 is 11.9 Å². The van der Waals surface area contributed by atoms with Crippen LogP contribution in [0.5, 0.6) is 17.2 Å². The van der Waals surface area contributed by atoms with E-state index in [1.54, 1.807) is 38.5 Å². The van der Waals surface area contributed by atoms with E-state index in [1.165, 1.54) is 7.11 Å². The van der Waals surface area contributed by atoms with Gasteiger partial charge in [-0.2, -0.15) is 0 Å². The average molecular weight is 450 g/mol. The summed E-state index contributed by atoms with van der Waals surface area (Å²) in [5.41, 5.74) is 2.61. The molecule has 0 aliphatic rings. The number of rotatable bonds is 10. The van der Waals surface area contributed by atoms with Crippen LogP contribution in [-0.4, -0.2) is 39.8 Å². The second-order valence-electron chi connectivity index (χ2n) is 7.23. The fourth-order valence-corrected chi connectivity index (χ4v) is 3.25. The van der Waals surface area contributed by atoms with Crippen LogP contribution >= 0.6 is 0 Å². The Morgan fingerprint density at radius 2 is 1.21 bits per heavy atom. The van der Waals surface area contributed by atoms with Crippen LogP contribution in [0.3, 0.4) is 0 Å². The minimum atomic E-state index is -0.375. The lowest BCUT2D eigenvalue weighted by Crippen LogP contribution is -2.33. The summed E-state index contributed by atoms with van der Waals surface area (Å²) >= 11 is 0. The van der Waals surface area contributed by atoms with Crippen LogP contribution in [0.4, 0.5) is 0 Å². The van der Waals surface area contributed by atoms with Gasteiger partial charge in [0, 0.05) is 0 Å². The maximum absolute atomic E-state index is 12.7. The third-order valence-electron chi connectivity index (χ3n) is 5.07. The predicted molar refractivity (Wildman–Crippen MR) is 124 cm³/mol. The first kappa shape index (κ1) is 23.7. The maximum Gasteiger partial charge on any atom is 0.309 e. The summed E-state index contributed by atoms with van der Waals surface area (Å²) in [6, 6.07) is 21.6. The predicted octanol–water partition coefficient (Wildman–Crippen LogP) is 3.70. The normalized spacial score (nSPS) is 10.4. The minimum absolute atomic E-state index is 0.154. The number of esters is 1. The molecular weight excluding hydrogens is 422 g/mol. The molecule has 0 aromatic heterocycles. The van der Waals surface area contributed by atoms with Crippen LogP contribution in [0.2, 0.25) is 0 Å². The molecule has 0 saturated carbocycles. The Balaban J connectivity index is 1.68. The van der Waals surface area contributed by atoms with Crippen molar-refractivity contribution < 1.29 is 28.5 Å². The van der Waals surface area contributed by atoms with Crippen LogP contribution in [-0.2, 0) is 20.7 Å². The van der Waals surface area contributed by atoms with Gasteiger partial charge in [-0.15, -0.1) is 0 Å². The van der Waals surface area contributed by atoms with Crippen LogP contribution in [0.25, 0.3) is 0 Å². The van der Waals surface area contributed by atoms with Gasteiger partial charge in [0.15, 0.2) is 6.61 Å². The number of ether oxygens (including phenoxy) is 4. The fourth-order valence-electron chi connectivity index (χ4n) is 3.25. The summed E-state index contributed by atoms with van der Waals surface area (Å²) in [5.74, 6) is 1.41. The lowest BCUT2D eigenvalue weighted by molar-refractivity contribution is -0.139. The molecule has 1 N–H and O–H groups in total. The van der Waals surface area contributed by atoms with Crippen LogP contribution in [0, 0.1) is 0 Å². The number of hydrogen-bond acceptors (Lipinski definition) is 6. The first-order valence-electron chi connectivity index (χ1n) is 10.4. The molecule has 7 nitrogen and oxygen atoms in total. The monoisotopic (exact) mass is 449 g/mol. The van der Waals surface area contributed by atoms with Crippen molar-refractivity contribution in [1.82, 2.24) is 5.32 Å². The lowest BCUT2D eigenvalue weighted by Gasteiger charge is -2.20. The molecule has 7 heteroatoms. The summed E-state index contributed by atoms with van der Waals surface area (Å²) in [5, 5.41) is 3.03. The standard InChI is InChI=1S/C26H27NO6/c1-30-21-12-6-19(7-13-21)26(20-8-14-22(31-2)15-9-20)27-24(28)17-33-23-10-4-18(5-11-23)16-25(29)32-3/h4-15,26H,16-17H2,1-3H3,(H,27,28). The zero-order valence-corrected chi connectivity index (χ0v) is 18.9. The van der Waals surface area contributed by atoms with E-state index in [0.29, 0.717) is 5.75 Å². The smallest absolute Gasteiger partial charge is 0.309 e. The number of amides is 1. The van der Waals surface area contributed by atoms with E-state index < -0.39 is 0 Å². The highest BCUT2D eigenvalue weighted by Crippen LogP contribution is 2.26. The molecule has 0 fully saturated rings. The zero-order valence-electron chi connectivity index (χ0n) is 18.9. The Morgan fingerprint density at radius 1 is 0.727 bits per heavy atom. The number of benzene rings is 3. The number of hydrogen-bond donors (Lipinski definition) is 1. The van der Waals surface area contributed by atoms with Crippen molar-refractivity contribution in [3.05, 3.63) is 89.5 Å². The molecule has 0 heterocycles. The molecule has 0 atom stereocenters. The van der Waals surface area contributed by atoms with E-state index in [2.05, 4.69) is 10.1 Å². The summed E-state index contributed by atoms with van der Waals surface area (Å²) in [6.45, 7) is -0.154. The molecule has 3 rings (SSSR count). The molecule has 1 amide bonds. The van der Waals surface area contributed by atoms with Gasteiger partial charge >= 0.3 is 5.97 Å². The van der Waals surface area contributed by atoms with E-state index >= 15 is 0 Å². The molecule has 0 aliphatic carbocycles. The molecule has 0 spiro atoms. The summed E-state index contributed by atoms with van der Waals surface area (Å²) in [7, 11) is 4.57. The van der Waals surface area contributed by atoms with Gasteiger partial charge in [0.25, 0.3) is 5.91 Å². The SMILES string of the molecule is COC(=O)Cc1ccc(OCC(=O)NC(c2ccc(OC)cc2)c2ccc(OC)cc2)cc1. The van der Waals surface area contributed by atoms with E-state index in [9.17, 15) is 9.59 Å². The molecule has 0 bridgehead atoms. The molecular formula is C26H27NO6. The molecule has 0 unspecified atom stereocenters. The Labute approximate surface area is 193 Å². The summed E-state index contributed by atoms with van der Waals surface area (Å²) in [6.07, 6.45) is 0.183. The number of nitrogens with one attached hydrogen (secondary N) is 1. The highest BCUT2D eigenvalue weighted by molar-refractivity contribution is 5.78. The Bertz CT molecular complexity index is 998. The lowest BCUT2D eigenvalue weighted by atomic mass is 9.98. The van der Waals surface area contributed by atoms with Crippen molar-refractivity contribution in [2.45, 2.75) is 12.5 Å². The molecule has 172 valence electrons. The molecule has 33 heavy (non-hydrogen) atoms. The third-order valence-corrected chi connectivity index (χ3v) is 5.07. The van der Waals surface area contributed by atoms with Gasteiger partial charge < -0.3 is 24.3 Å². The van der Waals surface area contributed by atoms with Gasteiger partial charge in [0.1, 0.15) is 17.2 Å². The van der Waals surface area contributed by atoms with Crippen molar-refractivity contribution in [2.24, 2.45) is 0 Å². The molecule has 0 saturated heterocycles. The van der Waals surface area contributed by atoms with Crippen molar-refractivity contribution in [2.75, 3.05) is 27.9 Å². The Hall–Kier alpha value is -4.00. The number of methoxy groups -OCH3 is 3. The van der Waals surface area contributed by atoms with Crippen molar-refractivity contribution in [1.29, 1.82) is 0 Å². The van der Waals surface area contributed by atoms with Crippen LogP contribution < -0.4 is 19.5 Å². The van der Waals surface area contributed by atoms with Gasteiger partial charge in [-0.25, -0.2) is 0 Å². The highest BCUT2D eigenvalue weighted by atomic mass is 16.5. The quantitative estimate of drug-likeness (QED) is 0.475. The number of carbonyl (C=O) groups is 2. The first-order chi connectivity index (χ1) is 16.0. The Morgan fingerprint density at radius 3 is 1.67 bits per heavy atom. The average Bonchev–Trinajstić information content (AvgIpc) is 2.87. The zero-order chi connectivity index (χ0) is 23.6. The third kappa shape index (κ3) is 6.74. The highest BCUT2D eigenvalue weighted by Gasteiger charge is 2.18. The minimum Gasteiger partial charge on any atom is -0.497 e. The first-order valence-corrected chi connectivity index (χ1v) is 10.4. The van der Waals surface area contributed by atoms with E-state index in [0.717, 1.165) is 28.2 Å².